The molecule has 1 aromatic carbocycles. The zero-order valence-electron chi connectivity index (χ0n) is 7.87. The average molecular weight is 289 g/mol. The van der Waals surface area contributed by atoms with E-state index in [1.807, 2.05) is 0 Å². The third-order valence-corrected chi connectivity index (χ3v) is 2.98. The van der Waals surface area contributed by atoms with Gasteiger partial charge in [0, 0.05) is 16.5 Å². The van der Waals surface area contributed by atoms with Crippen LogP contribution in [0.1, 0.15) is 15.9 Å². The predicted molar refractivity (Wildman–Crippen MR) is 54.6 cm³/mol. The summed E-state index contributed by atoms with van der Waals surface area (Å²) in [6.07, 6.45) is -1.47. The van der Waals surface area contributed by atoms with Crippen molar-refractivity contribution in [3.05, 3.63) is 33.5 Å². The van der Waals surface area contributed by atoms with Gasteiger partial charge in [0.1, 0.15) is 5.82 Å². The van der Waals surface area contributed by atoms with Gasteiger partial charge in [-0.15, -0.1) is 0 Å². The Labute approximate surface area is 98.1 Å². The van der Waals surface area contributed by atoms with Gasteiger partial charge in [-0.2, -0.15) is 0 Å². The number of aliphatic carboxylic acids is 1. The summed E-state index contributed by atoms with van der Waals surface area (Å²) in [5.41, 5.74) is 0.149. The summed E-state index contributed by atoms with van der Waals surface area (Å²) in [6, 6.07) is 2.57. The standard InChI is InChI=1S/C10H6BrFO4/c11-5-1-2-6(12)4-3-7(9(13)14)16-10(15)8(4)5/h1-2,7H,3H2,(H,13,14). The van der Waals surface area contributed by atoms with Crippen molar-refractivity contribution < 1.29 is 23.8 Å². The minimum Gasteiger partial charge on any atom is -0.478 e. The van der Waals surface area contributed by atoms with E-state index in [4.69, 9.17) is 5.11 Å². The van der Waals surface area contributed by atoms with E-state index in [1.54, 1.807) is 0 Å². The number of esters is 1. The van der Waals surface area contributed by atoms with Crippen LogP contribution in [0.2, 0.25) is 0 Å². The number of carbonyl (C=O) groups excluding carboxylic acids is 1. The second-order valence-corrected chi connectivity index (χ2v) is 4.17. The van der Waals surface area contributed by atoms with Gasteiger partial charge in [-0.05, 0) is 28.1 Å². The highest BCUT2D eigenvalue weighted by molar-refractivity contribution is 9.10. The molecule has 2 rings (SSSR count). The van der Waals surface area contributed by atoms with E-state index in [0.717, 1.165) is 0 Å². The number of carboxylic acid groups (broad SMARTS) is 1. The molecule has 0 bridgehead atoms. The van der Waals surface area contributed by atoms with Crippen molar-refractivity contribution in [3.63, 3.8) is 0 Å². The van der Waals surface area contributed by atoms with Crippen molar-refractivity contribution in [2.24, 2.45) is 0 Å². The topological polar surface area (TPSA) is 63.6 Å². The Morgan fingerprint density at radius 3 is 2.88 bits per heavy atom. The molecule has 0 aliphatic carbocycles. The zero-order chi connectivity index (χ0) is 11.9. The minimum absolute atomic E-state index is 0.0671. The van der Waals surface area contributed by atoms with Gasteiger partial charge in [0.2, 0.25) is 6.10 Å². The first-order valence-electron chi connectivity index (χ1n) is 4.41. The Morgan fingerprint density at radius 1 is 1.56 bits per heavy atom. The molecule has 4 nitrogen and oxygen atoms in total. The molecule has 0 fully saturated rings. The zero-order valence-corrected chi connectivity index (χ0v) is 9.45. The van der Waals surface area contributed by atoms with Crippen LogP contribution in [0, 0.1) is 5.82 Å². The molecule has 0 aromatic heterocycles. The number of hydrogen-bond donors (Lipinski definition) is 1. The maximum Gasteiger partial charge on any atom is 0.345 e. The van der Waals surface area contributed by atoms with E-state index in [2.05, 4.69) is 20.7 Å². The van der Waals surface area contributed by atoms with Crippen LogP contribution in [-0.4, -0.2) is 23.1 Å². The fraction of sp³-hybridized carbons (Fsp3) is 0.200. The molecule has 16 heavy (non-hydrogen) atoms. The Kier molecular flexibility index (Phi) is 2.67. The summed E-state index contributed by atoms with van der Waals surface area (Å²) in [5, 5.41) is 8.73. The normalized spacial score (nSPS) is 18.9. The number of fused-ring (bicyclic) bond motifs is 1. The van der Waals surface area contributed by atoms with Gasteiger partial charge in [0.25, 0.3) is 0 Å². The van der Waals surface area contributed by atoms with Gasteiger partial charge in [0.15, 0.2) is 0 Å². The lowest BCUT2D eigenvalue weighted by molar-refractivity contribution is -0.147. The minimum atomic E-state index is -1.32. The number of cyclic esters (lactones) is 1. The van der Waals surface area contributed by atoms with E-state index in [0.29, 0.717) is 4.47 Å². The van der Waals surface area contributed by atoms with Crippen LogP contribution in [0.3, 0.4) is 0 Å². The first kappa shape index (κ1) is 11.1. The SMILES string of the molecule is O=C1OC(C(=O)O)Cc2c(F)ccc(Br)c21. The van der Waals surface area contributed by atoms with Crippen molar-refractivity contribution in [2.45, 2.75) is 12.5 Å². The van der Waals surface area contributed by atoms with E-state index in [1.165, 1.54) is 12.1 Å². The third kappa shape index (κ3) is 1.69. The summed E-state index contributed by atoms with van der Waals surface area (Å²) in [6.45, 7) is 0. The number of halogens is 2. The number of carbonyl (C=O) groups is 2. The van der Waals surface area contributed by atoms with Crippen LogP contribution in [-0.2, 0) is 16.0 Å². The highest BCUT2D eigenvalue weighted by Gasteiger charge is 2.34. The molecule has 6 heteroatoms. The molecule has 1 N–H and O–H groups in total. The first-order chi connectivity index (χ1) is 7.50. The lowest BCUT2D eigenvalue weighted by atomic mass is 9.98. The number of rotatable bonds is 1. The maximum atomic E-state index is 13.4. The van der Waals surface area contributed by atoms with Crippen LogP contribution in [0.15, 0.2) is 16.6 Å². The van der Waals surface area contributed by atoms with E-state index in [-0.39, 0.29) is 17.5 Å². The van der Waals surface area contributed by atoms with Gasteiger partial charge in [-0.3, -0.25) is 0 Å². The van der Waals surface area contributed by atoms with Crippen LogP contribution in [0.5, 0.6) is 0 Å². The molecule has 1 aliphatic heterocycles. The molecular weight excluding hydrogens is 283 g/mol. The molecule has 1 aliphatic rings. The summed E-state index contributed by atoms with van der Waals surface area (Å²) in [7, 11) is 0. The van der Waals surface area contributed by atoms with Crippen molar-refractivity contribution in [1.29, 1.82) is 0 Å². The molecule has 0 amide bonds. The number of benzene rings is 1. The fourth-order valence-electron chi connectivity index (χ4n) is 1.57. The molecule has 1 aromatic rings. The second-order valence-electron chi connectivity index (χ2n) is 3.32. The largest absolute Gasteiger partial charge is 0.478 e. The molecule has 1 atom stereocenters. The van der Waals surface area contributed by atoms with Crippen LogP contribution < -0.4 is 0 Å². The highest BCUT2D eigenvalue weighted by Crippen LogP contribution is 2.29. The molecular formula is C10H6BrFO4. The summed E-state index contributed by atoms with van der Waals surface area (Å²) < 4.78 is 18.5. The van der Waals surface area contributed by atoms with E-state index >= 15 is 0 Å². The number of carboxylic acids is 1. The molecule has 1 unspecified atom stereocenters. The molecule has 84 valence electrons. The van der Waals surface area contributed by atoms with Gasteiger partial charge >= 0.3 is 11.9 Å². The number of hydrogen-bond acceptors (Lipinski definition) is 3. The van der Waals surface area contributed by atoms with Crippen LogP contribution in [0.25, 0.3) is 0 Å². The Morgan fingerprint density at radius 2 is 2.25 bits per heavy atom. The molecule has 0 spiro atoms. The van der Waals surface area contributed by atoms with Gasteiger partial charge in [-0.25, -0.2) is 14.0 Å². The second kappa shape index (κ2) is 3.86. The lowest BCUT2D eigenvalue weighted by Gasteiger charge is -2.22. The van der Waals surface area contributed by atoms with Crippen LogP contribution >= 0.6 is 15.9 Å². The average Bonchev–Trinajstić information content (AvgIpc) is 2.22. The Balaban J connectivity index is 2.54. The predicted octanol–water partition coefficient (Wildman–Crippen LogP) is 1.75. The first-order valence-corrected chi connectivity index (χ1v) is 5.20. The van der Waals surface area contributed by atoms with Gasteiger partial charge in [0.05, 0.1) is 5.56 Å². The van der Waals surface area contributed by atoms with Crippen molar-refractivity contribution in [3.8, 4) is 0 Å². The molecule has 0 saturated heterocycles. The maximum absolute atomic E-state index is 13.4. The van der Waals surface area contributed by atoms with Crippen LogP contribution in [0.4, 0.5) is 4.39 Å². The smallest absolute Gasteiger partial charge is 0.345 e. The summed E-state index contributed by atoms with van der Waals surface area (Å²) >= 11 is 3.10. The highest BCUT2D eigenvalue weighted by atomic mass is 79.9. The molecule has 1 heterocycles. The van der Waals surface area contributed by atoms with E-state index < -0.39 is 23.9 Å². The Bertz CT molecular complexity index is 486. The fourth-order valence-corrected chi connectivity index (χ4v) is 2.10. The van der Waals surface area contributed by atoms with E-state index in [9.17, 15) is 14.0 Å². The lowest BCUT2D eigenvalue weighted by Crippen LogP contribution is -2.34. The third-order valence-electron chi connectivity index (χ3n) is 2.32. The molecule has 0 radical (unpaired) electrons. The summed E-state index contributed by atoms with van der Waals surface area (Å²) in [4.78, 5) is 22.2. The van der Waals surface area contributed by atoms with Crippen molar-refractivity contribution in [2.75, 3.05) is 0 Å². The monoisotopic (exact) mass is 288 g/mol. The van der Waals surface area contributed by atoms with Crippen molar-refractivity contribution in [1.82, 2.24) is 0 Å². The summed E-state index contributed by atoms with van der Waals surface area (Å²) in [5.74, 6) is -2.69. The van der Waals surface area contributed by atoms with Gasteiger partial charge < -0.3 is 9.84 Å². The van der Waals surface area contributed by atoms with Crippen molar-refractivity contribution >= 4 is 27.9 Å². The quantitative estimate of drug-likeness (QED) is 0.800. The number of ether oxygens (including phenoxy) is 1. The van der Waals surface area contributed by atoms with Gasteiger partial charge in [-0.1, -0.05) is 0 Å². The Hall–Kier alpha value is -1.43. The molecule has 0 saturated carbocycles.